The van der Waals surface area contributed by atoms with Gasteiger partial charge >= 0.3 is 0 Å². The first kappa shape index (κ1) is 23.8. The van der Waals surface area contributed by atoms with Gasteiger partial charge in [-0.2, -0.15) is 0 Å². The predicted molar refractivity (Wildman–Crippen MR) is 159 cm³/mol. The van der Waals surface area contributed by atoms with Crippen LogP contribution < -0.4 is 10.2 Å². The Bertz CT molecular complexity index is 1670. The highest BCUT2D eigenvalue weighted by molar-refractivity contribution is 7.21. The predicted octanol–water partition coefficient (Wildman–Crippen LogP) is 6.73. The number of hydrogen-bond donors (Lipinski definition) is 1. The Balaban J connectivity index is 1.04. The summed E-state index contributed by atoms with van der Waals surface area (Å²) in [5.41, 5.74) is 8.89. The molecule has 0 radical (unpaired) electrons. The van der Waals surface area contributed by atoms with Crippen molar-refractivity contribution in [3.63, 3.8) is 0 Å². The summed E-state index contributed by atoms with van der Waals surface area (Å²) < 4.78 is 6.61. The lowest BCUT2D eigenvalue weighted by molar-refractivity contribution is 0.102. The molecule has 1 saturated heterocycles. The molecule has 0 unspecified atom stereocenters. The highest BCUT2D eigenvalue weighted by Gasteiger charge is 2.18. The summed E-state index contributed by atoms with van der Waals surface area (Å²) in [6, 6.07) is 30.3. The first-order valence-corrected chi connectivity index (χ1v) is 13.9. The summed E-state index contributed by atoms with van der Waals surface area (Å²) in [5.74, 6) is -0.127. The van der Waals surface area contributed by atoms with Crippen LogP contribution in [0, 0.1) is 0 Å². The molecule has 192 valence electrons. The molecule has 6 nitrogen and oxygen atoms in total. The Kier molecular flexibility index (Phi) is 6.15. The maximum Gasteiger partial charge on any atom is 0.255 e. The van der Waals surface area contributed by atoms with Crippen LogP contribution in [-0.2, 0) is 11.2 Å². The quantitative estimate of drug-likeness (QED) is 0.274. The van der Waals surface area contributed by atoms with E-state index in [1.807, 2.05) is 66.7 Å². The highest BCUT2D eigenvalue weighted by Crippen LogP contribution is 2.36. The number of thiazole rings is 1. The topological polar surface area (TPSA) is 66.8 Å². The fourth-order valence-corrected chi connectivity index (χ4v) is 6.03. The molecule has 7 heteroatoms. The molecule has 39 heavy (non-hydrogen) atoms. The number of ether oxygens (including phenoxy) is 1. The van der Waals surface area contributed by atoms with Gasteiger partial charge in [-0.05, 0) is 65.7 Å². The number of hydrogen-bond acceptors (Lipinski definition) is 6. The van der Waals surface area contributed by atoms with Gasteiger partial charge in [-0.3, -0.25) is 9.79 Å². The zero-order chi connectivity index (χ0) is 26.2. The van der Waals surface area contributed by atoms with E-state index in [9.17, 15) is 4.79 Å². The normalized spacial score (nSPS) is 14.8. The third-order valence-electron chi connectivity index (χ3n) is 7.22. The number of rotatable bonds is 5. The molecule has 3 heterocycles. The van der Waals surface area contributed by atoms with Crippen molar-refractivity contribution in [2.24, 2.45) is 4.99 Å². The first-order valence-electron chi connectivity index (χ1n) is 13.1. The third-order valence-corrected chi connectivity index (χ3v) is 8.31. The highest BCUT2D eigenvalue weighted by atomic mass is 32.1. The molecule has 7 rings (SSSR count). The Morgan fingerprint density at radius 3 is 2.44 bits per heavy atom. The van der Waals surface area contributed by atoms with Gasteiger partial charge in [0.2, 0.25) is 0 Å². The monoisotopic (exact) mass is 530 g/mol. The van der Waals surface area contributed by atoms with E-state index in [-0.39, 0.29) is 5.91 Å². The number of fused-ring (bicyclic) bond motifs is 2. The second-order valence-corrected chi connectivity index (χ2v) is 10.8. The molecule has 0 atom stereocenters. The summed E-state index contributed by atoms with van der Waals surface area (Å²) in [6.07, 6.45) is 0.774. The largest absolute Gasteiger partial charge is 0.378 e. The number of nitrogens with one attached hydrogen (secondary N) is 1. The zero-order valence-electron chi connectivity index (χ0n) is 21.3. The number of nitrogens with zero attached hydrogens (tertiary/aromatic N) is 3. The molecule has 2 aliphatic rings. The molecule has 5 aromatic rings. The van der Waals surface area contributed by atoms with Gasteiger partial charge in [0.25, 0.3) is 5.91 Å². The number of carbonyl (C=O) groups excluding carboxylic acids is 1. The maximum absolute atomic E-state index is 12.9. The van der Waals surface area contributed by atoms with Crippen molar-refractivity contribution in [1.82, 2.24) is 4.98 Å². The van der Waals surface area contributed by atoms with Crippen LogP contribution in [0.1, 0.15) is 21.5 Å². The van der Waals surface area contributed by atoms with E-state index in [1.54, 1.807) is 11.3 Å². The Labute approximate surface area is 230 Å². The van der Waals surface area contributed by atoms with Crippen molar-refractivity contribution >= 4 is 50.2 Å². The maximum atomic E-state index is 12.9. The third kappa shape index (κ3) is 4.82. The number of benzene rings is 4. The van der Waals surface area contributed by atoms with Gasteiger partial charge in [-0.15, -0.1) is 11.3 Å². The van der Waals surface area contributed by atoms with E-state index in [1.165, 1.54) is 10.3 Å². The summed E-state index contributed by atoms with van der Waals surface area (Å²) in [7, 11) is 0. The summed E-state index contributed by atoms with van der Waals surface area (Å²) in [6.45, 7) is 3.27. The van der Waals surface area contributed by atoms with Crippen LogP contribution in [0.2, 0.25) is 0 Å². The van der Waals surface area contributed by atoms with Gasteiger partial charge in [0.05, 0.1) is 34.8 Å². The molecule has 1 fully saturated rings. The summed E-state index contributed by atoms with van der Waals surface area (Å²) in [5, 5.41) is 4.01. The van der Waals surface area contributed by atoms with Crippen molar-refractivity contribution in [2.45, 2.75) is 6.42 Å². The molecule has 2 aliphatic heterocycles. The SMILES string of the molecule is O=C(Nc1ccc(N2CCOCC2)cc1)c1ccc(C2=Nc3cc(-c4nc5ccccc5s4)ccc3C2)cc1. The van der Waals surface area contributed by atoms with E-state index >= 15 is 0 Å². The molecule has 1 aromatic heterocycles. The van der Waals surface area contributed by atoms with Crippen LogP contribution in [0.3, 0.4) is 0 Å². The fourth-order valence-electron chi connectivity index (χ4n) is 5.07. The minimum absolute atomic E-state index is 0.127. The molecular weight excluding hydrogens is 504 g/mol. The van der Waals surface area contributed by atoms with Crippen LogP contribution >= 0.6 is 11.3 Å². The van der Waals surface area contributed by atoms with Crippen LogP contribution in [0.15, 0.2) is 96.0 Å². The minimum atomic E-state index is -0.127. The standard InChI is InChI=1S/C32H26N4O2S/c37-31(33-25-11-13-26(14-12-25)36-15-17-38-18-16-36)22-7-5-21(6-8-22)28-19-23-9-10-24(20-29(23)34-28)32-35-27-3-1-2-4-30(27)39-32/h1-14,20H,15-19H2,(H,33,37). The lowest BCUT2D eigenvalue weighted by atomic mass is 10.0. The van der Waals surface area contributed by atoms with Crippen molar-refractivity contribution in [1.29, 1.82) is 0 Å². The van der Waals surface area contributed by atoms with E-state index < -0.39 is 0 Å². The number of morpholine rings is 1. The number of amides is 1. The van der Waals surface area contributed by atoms with Crippen molar-refractivity contribution in [2.75, 3.05) is 36.5 Å². The Morgan fingerprint density at radius 1 is 0.872 bits per heavy atom. The van der Waals surface area contributed by atoms with Gasteiger partial charge < -0.3 is 15.0 Å². The number of para-hydroxylation sites is 1. The smallest absolute Gasteiger partial charge is 0.255 e. The van der Waals surface area contributed by atoms with E-state index in [2.05, 4.69) is 34.5 Å². The van der Waals surface area contributed by atoms with Gasteiger partial charge in [0, 0.05) is 42.0 Å². The number of aromatic nitrogens is 1. The number of carbonyl (C=O) groups is 1. The van der Waals surface area contributed by atoms with Gasteiger partial charge in [0.1, 0.15) is 5.01 Å². The minimum Gasteiger partial charge on any atom is -0.378 e. The van der Waals surface area contributed by atoms with Gasteiger partial charge in [-0.1, -0.05) is 36.4 Å². The fraction of sp³-hybridized carbons (Fsp3) is 0.156. The van der Waals surface area contributed by atoms with Gasteiger partial charge in [0.15, 0.2) is 0 Å². The van der Waals surface area contributed by atoms with E-state index in [0.717, 1.165) is 77.1 Å². The lowest BCUT2D eigenvalue weighted by Crippen LogP contribution is -2.36. The van der Waals surface area contributed by atoms with Crippen molar-refractivity contribution in [3.05, 3.63) is 108 Å². The molecular formula is C32H26N4O2S. The molecule has 1 amide bonds. The zero-order valence-corrected chi connectivity index (χ0v) is 22.1. The molecule has 0 spiro atoms. The molecule has 0 aliphatic carbocycles. The second kappa shape index (κ2) is 10.1. The number of anilines is 2. The number of aliphatic imine (C=N–C) groups is 1. The molecule has 1 N–H and O–H groups in total. The van der Waals surface area contributed by atoms with E-state index in [4.69, 9.17) is 14.7 Å². The average molecular weight is 531 g/mol. The van der Waals surface area contributed by atoms with Crippen LogP contribution in [-0.4, -0.2) is 42.9 Å². The van der Waals surface area contributed by atoms with Crippen LogP contribution in [0.25, 0.3) is 20.8 Å². The van der Waals surface area contributed by atoms with Crippen molar-refractivity contribution in [3.8, 4) is 10.6 Å². The lowest BCUT2D eigenvalue weighted by Gasteiger charge is -2.28. The van der Waals surface area contributed by atoms with Crippen LogP contribution in [0.4, 0.5) is 17.1 Å². The van der Waals surface area contributed by atoms with Crippen LogP contribution in [0.5, 0.6) is 0 Å². The Morgan fingerprint density at radius 2 is 1.64 bits per heavy atom. The molecule has 0 saturated carbocycles. The van der Waals surface area contributed by atoms with Gasteiger partial charge in [-0.25, -0.2) is 4.98 Å². The first-order chi connectivity index (χ1) is 19.2. The summed E-state index contributed by atoms with van der Waals surface area (Å²) in [4.78, 5) is 24.9. The second-order valence-electron chi connectivity index (χ2n) is 9.74. The Hall–Kier alpha value is -4.33. The van der Waals surface area contributed by atoms with Crippen molar-refractivity contribution < 1.29 is 9.53 Å². The molecule has 0 bridgehead atoms. The molecule has 4 aromatic carbocycles. The summed E-state index contributed by atoms with van der Waals surface area (Å²) >= 11 is 1.70. The average Bonchev–Trinajstić information content (AvgIpc) is 3.62. The van der Waals surface area contributed by atoms with E-state index in [0.29, 0.717) is 5.56 Å².